The van der Waals surface area contributed by atoms with Gasteiger partial charge in [-0.2, -0.15) is 0 Å². The number of hydrogen-bond acceptors (Lipinski definition) is 5. The summed E-state index contributed by atoms with van der Waals surface area (Å²) in [4.78, 5) is 21.6. The number of sulfonamides is 1. The van der Waals surface area contributed by atoms with E-state index in [1.807, 2.05) is 71.3 Å². The lowest BCUT2D eigenvalue weighted by molar-refractivity contribution is -0.126. The van der Waals surface area contributed by atoms with Crippen LogP contribution in [0, 0.1) is 5.92 Å². The van der Waals surface area contributed by atoms with Crippen molar-refractivity contribution in [1.82, 2.24) is 24.2 Å². The predicted molar refractivity (Wildman–Crippen MR) is 134 cm³/mol. The van der Waals surface area contributed by atoms with Gasteiger partial charge in [-0.05, 0) is 42.2 Å². The molecule has 0 saturated carbocycles. The molecule has 4 aromatic rings. The summed E-state index contributed by atoms with van der Waals surface area (Å²) in [6.45, 7) is 1.11. The molecule has 180 valence electrons. The van der Waals surface area contributed by atoms with Gasteiger partial charge < -0.3 is 5.32 Å². The zero-order valence-electron chi connectivity index (χ0n) is 19.2. The van der Waals surface area contributed by atoms with Crippen LogP contribution in [0.4, 0.5) is 0 Å². The van der Waals surface area contributed by atoms with Crippen LogP contribution in [0.1, 0.15) is 24.0 Å². The number of carbonyl (C=O) groups excluding carboxylic acids is 1. The van der Waals surface area contributed by atoms with Crippen LogP contribution < -0.4 is 5.32 Å². The summed E-state index contributed by atoms with van der Waals surface area (Å²) in [6.07, 6.45) is 4.54. The number of amides is 1. The summed E-state index contributed by atoms with van der Waals surface area (Å²) >= 11 is 0. The zero-order valence-corrected chi connectivity index (χ0v) is 20.1. The number of nitrogens with one attached hydrogen (secondary N) is 1. The zero-order chi connectivity index (χ0) is 24.3. The highest BCUT2D eigenvalue weighted by atomic mass is 32.2. The molecule has 0 unspecified atom stereocenters. The number of nitrogens with zero attached hydrogens (tertiary/aromatic N) is 4. The third-order valence-electron chi connectivity index (χ3n) is 6.39. The van der Waals surface area contributed by atoms with Crippen molar-refractivity contribution in [2.24, 2.45) is 5.92 Å². The van der Waals surface area contributed by atoms with Crippen LogP contribution in [0.15, 0.2) is 79.3 Å². The Bertz CT molecular complexity index is 1410. The lowest BCUT2D eigenvalue weighted by Crippen LogP contribution is -2.43. The van der Waals surface area contributed by atoms with E-state index in [0.29, 0.717) is 32.5 Å². The molecule has 1 saturated heterocycles. The number of piperidine rings is 1. The summed E-state index contributed by atoms with van der Waals surface area (Å²) in [5.41, 5.74) is 3.56. The monoisotopic (exact) mass is 489 g/mol. The van der Waals surface area contributed by atoms with Crippen molar-refractivity contribution in [2.75, 3.05) is 13.1 Å². The highest BCUT2D eigenvalue weighted by Gasteiger charge is 2.31. The smallest absolute Gasteiger partial charge is 0.223 e. The van der Waals surface area contributed by atoms with Gasteiger partial charge in [-0.25, -0.2) is 22.7 Å². The van der Waals surface area contributed by atoms with Crippen LogP contribution in [0.3, 0.4) is 0 Å². The first kappa shape index (κ1) is 23.2. The minimum Gasteiger partial charge on any atom is -0.352 e. The second-order valence-electron chi connectivity index (χ2n) is 8.76. The van der Waals surface area contributed by atoms with E-state index < -0.39 is 10.0 Å². The first-order chi connectivity index (χ1) is 17.0. The Morgan fingerprint density at radius 3 is 2.40 bits per heavy atom. The lowest BCUT2D eigenvalue weighted by atomic mass is 9.97. The Labute approximate surface area is 204 Å². The number of pyridine rings is 1. The first-order valence-corrected chi connectivity index (χ1v) is 13.3. The Balaban J connectivity index is 1.13. The third-order valence-corrected chi connectivity index (χ3v) is 8.24. The molecule has 1 aliphatic heterocycles. The Kier molecular flexibility index (Phi) is 6.61. The molecule has 5 rings (SSSR count). The van der Waals surface area contributed by atoms with Gasteiger partial charge in [0.05, 0.1) is 16.8 Å². The van der Waals surface area contributed by atoms with Gasteiger partial charge in [0.25, 0.3) is 0 Å². The number of benzene rings is 2. The van der Waals surface area contributed by atoms with Gasteiger partial charge in [-0.15, -0.1) is 0 Å². The average Bonchev–Trinajstić information content (AvgIpc) is 3.32. The van der Waals surface area contributed by atoms with Crippen LogP contribution in [0.25, 0.3) is 16.9 Å². The van der Waals surface area contributed by atoms with Crippen LogP contribution in [0.2, 0.25) is 0 Å². The molecule has 1 N–H and O–H groups in total. The van der Waals surface area contributed by atoms with Crippen molar-refractivity contribution in [3.8, 4) is 5.82 Å². The number of fused-ring (bicyclic) bond motifs is 1. The molecule has 35 heavy (non-hydrogen) atoms. The van der Waals surface area contributed by atoms with Crippen molar-refractivity contribution in [3.63, 3.8) is 0 Å². The van der Waals surface area contributed by atoms with Gasteiger partial charge >= 0.3 is 0 Å². The van der Waals surface area contributed by atoms with Crippen LogP contribution in [-0.2, 0) is 27.1 Å². The second-order valence-corrected chi connectivity index (χ2v) is 10.7. The van der Waals surface area contributed by atoms with Gasteiger partial charge in [0.15, 0.2) is 0 Å². The van der Waals surface area contributed by atoms with Gasteiger partial charge in [0.1, 0.15) is 12.1 Å². The molecular weight excluding hydrogens is 462 g/mol. The van der Waals surface area contributed by atoms with E-state index in [9.17, 15) is 13.2 Å². The molecule has 0 spiro atoms. The molecule has 0 radical (unpaired) electrons. The topological polar surface area (TPSA) is 97.2 Å². The number of carbonyl (C=O) groups is 1. The number of para-hydroxylation sites is 2. The van der Waals surface area contributed by atoms with E-state index in [4.69, 9.17) is 0 Å². The standard InChI is InChI=1S/C26H27N5O3S/c32-26(22-12-14-30(15-13-22)35(33,34)18-20-6-2-1-3-7-20)28-17-21-10-11-25(27-16-21)31-19-29-23-8-4-5-9-24(23)31/h1-11,16,19,22H,12-15,17-18H2,(H,28,32). The molecule has 1 aliphatic rings. The Morgan fingerprint density at radius 2 is 1.66 bits per heavy atom. The van der Waals surface area contributed by atoms with Gasteiger partial charge in [0, 0.05) is 31.7 Å². The molecule has 1 fully saturated rings. The van der Waals surface area contributed by atoms with Crippen LogP contribution in [0.5, 0.6) is 0 Å². The average molecular weight is 490 g/mol. The van der Waals surface area contributed by atoms with E-state index in [2.05, 4.69) is 15.3 Å². The van der Waals surface area contributed by atoms with E-state index in [1.165, 1.54) is 4.31 Å². The number of aromatic nitrogens is 3. The van der Waals surface area contributed by atoms with Crippen LogP contribution in [-0.4, -0.2) is 46.3 Å². The summed E-state index contributed by atoms with van der Waals surface area (Å²) < 4.78 is 28.9. The SMILES string of the molecule is O=C(NCc1ccc(-n2cnc3ccccc32)nc1)C1CCN(S(=O)(=O)Cc2ccccc2)CC1. The van der Waals surface area contributed by atoms with Crippen molar-refractivity contribution in [3.05, 3.63) is 90.4 Å². The van der Waals surface area contributed by atoms with Crippen molar-refractivity contribution < 1.29 is 13.2 Å². The maximum atomic E-state index is 12.7. The van der Waals surface area contributed by atoms with E-state index in [0.717, 1.165) is 28.0 Å². The molecule has 2 aromatic carbocycles. The molecule has 0 aliphatic carbocycles. The number of hydrogen-bond donors (Lipinski definition) is 1. The fraction of sp³-hybridized carbons (Fsp3) is 0.269. The minimum atomic E-state index is -3.39. The molecular formula is C26H27N5O3S. The van der Waals surface area contributed by atoms with Crippen molar-refractivity contribution >= 4 is 27.0 Å². The third kappa shape index (κ3) is 5.26. The molecule has 9 heteroatoms. The molecule has 8 nitrogen and oxygen atoms in total. The van der Waals surface area contributed by atoms with Crippen molar-refractivity contribution in [2.45, 2.75) is 25.1 Å². The molecule has 0 atom stereocenters. The summed E-state index contributed by atoms with van der Waals surface area (Å²) in [7, 11) is -3.39. The maximum absolute atomic E-state index is 12.7. The summed E-state index contributed by atoms with van der Waals surface area (Å²) in [6, 6.07) is 20.9. The Morgan fingerprint density at radius 1 is 0.914 bits per heavy atom. The largest absolute Gasteiger partial charge is 0.352 e. The van der Waals surface area contributed by atoms with Crippen molar-refractivity contribution in [1.29, 1.82) is 0 Å². The molecule has 0 bridgehead atoms. The van der Waals surface area contributed by atoms with E-state index >= 15 is 0 Å². The second kappa shape index (κ2) is 9.97. The Hall–Kier alpha value is -3.56. The number of rotatable bonds is 7. The van der Waals surface area contributed by atoms with Gasteiger partial charge in [-0.3, -0.25) is 9.36 Å². The quantitative estimate of drug-likeness (QED) is 0.430. The first-order valence-electron chi connectivity index (χ1n) is 11.7. The van der Waals surface area contributed by atoms with Crippen LogP contribution >= 0.6 is 0 Å². The molecule has 1 amide bonds. The number of imidazole rings is 1. The fourth-order valence-corrected chi connectivity index (χ4v) is 5.97. The highest BCUT2D eigenvalue weighted by molar-refractivity contribution is 7.88. The normalized spacial score (nSPS) is 15.3. The molecule has 3 heterocycles. The van der Waals surface area contributed by atoms with E-state index in [-0.39, 0.29) is 17.6 Å². The lowest BCUT2D eigenvalue weighted by Gasteiger charge is -2.30. The minimum absolute atomic E-state index is 0.0113. The van der Waals surface area contributed by atoms with E-state index in [1.54, 1.807) is 12.5 Å². The van der Waals surface area contributed by atoms with Gasteiger partial charge in [0.2, 0.25) is 15.9 Å². The van der Waals surface area contributed by atoms with Gasteiger partial charge in [-0.1, -0.05) is 48.5 Å². The fourth-order valence-electron chi connectivity index (χ4n) is 4.41. The highest BCUT2D eigenvalue weighted by Crippen LogP contribution is 2.22. The maximum Gasteiger partial charge on any atom is 0.223 e. The molecule has 2 aromatic heterocycles. The summed E-state index contributed by atoms with van der Waals surface area (Å²) in [5, 5.41) is 2.98. The predicted octanol–water partition coefficient (Wildman–Crippen LogP) is 3.28. The summed E-state index contributed by atoms with van der Waals surface area (Å²) in [5.74, 6) is 0.512.